The standard InChI is InChI=1S/C6H6N2/c7-2-6-3-1-8-5(6)4(3)6/h3-5,8H,1H2/t3-,4-,5?,6+/m1/s1. The van der Waals surface area contributed by atoms with Crippen LogP contribution >= 0.6 is 0 Å². The second kappa shape index (κ2) is 0.629. The third kappa shape index (κ3) is 0.124. The maximum atomic E-state index is 8.60. The predicted octanol–water partition coefficient (Wildman–Crippen LogP) is -0.272. The Labute approximate surface area is 47.5 Å². The summed E-state index contributed by atoms with van der Waals surface area (Å²) in [6.45, 7) is 1.11. The van der Waals surface area contributed by atoms with Crippen molar-refractivity contribution in [3.05, 3.63) is 0 Å². The number of nitrogens with one attached hydrogen (secondary N) is 1. The Bertz CT molecular complexity index is 182. The first-order valence-electron chi connectivity index (χ1n) is 3.06. The van der Waals surface area contributed by atoms with Crippen molar-refractivity contribution in [2.24, 2.45) is 17.3 Å². The Kier molecular flexibility index (Phi) is 0.273. The molecule has 8 heavy (non-hydrogen) atoms. The van der Waals surface area contributed by atoms with Crippen molar-refractivity contribution in [1.29, 1.82) is 5.26 Å². The van der Waals surface area contributed by atoms with Crippen LogP contribution in [0.5, 0.6) is 0 Å². The SMILES string of the molecule is N#C[C@]12C3NC[C@@H]1[C@H]32. The number of hydrogen-bond donors (Lipinski definition) is 1. The molecule has 4 aliphatic rings. The molecule has 4 atom stereocenters. The van der Waals surface area contributed by atoms with E-state index in [0.29, 0.717) is 6.04 Å². The van der Waals surface area contributed by atoms with E-state index in [-0.39, 0.29) is 5.41 Å². The van der Waals surface area contributed by atoms with Gasteiger partial charge in [-0.25, -0.2) is 0 Å². The maximum Gasteiger partial charge on any atom is 0.0821 e. The van der Waals surface area contributed by atoms with Crippen LogP contribution in [0, 0.1) is 28.6 Å². The molecule has 0 aromatic rings. The lowest BCUT2D eigenvalue weighted by molar-refractivity contribution is 0.652. The first-order valence-corrected chi connectivity index (χ1v) is 3.06. The van der Waals surface area contributed by atoms with Crippen molar-refractivity contribution in [1.82, 2.24) is 5.32 Å². The molecule has 2 aliphatic heterocycles. The summed E-state index contributed by atoms with van der Waals surface area (Å²) in [4.78, 5) is 0. The van der Waals surface area contributed by atoms with Crippen molar-refractivity contribution in [2.75, 3.05) is 6.54 Å². The summed E-state index contributed by atoms with van der Waals surface area (Å²) >= 11 is 0. The minimum atomic E-state index is 0.181. The molecule has 0 aromatic carbocycles. The van der Waals surface area contributed by atoms with Gasteiger partial charge in [0.1, 0.15) is 0 Å². The molecule has 2 saturated heterocycles. The molecule has 40 valence electrons. The van der Waals surface area contributed by atoms with Crippen LogP contribution in [0.1, 0.15) is 0 Å². The summed E-state index contributed by atoms with van der Waals surface area (Å²) < 4.78 is 0. The molecule has 2 bridgehead atoms. The molecule has 2 aliphatic carbocycles. The monoisotopic (exact) mass is 106 g/mol. The quantitative estimate of drug-likeness (QED) is 0.461. The topological polar surface area (TPSA) is 35.8 Å². The highest BCUT2D eigenvalue weighted by molar-refractivity contribution is 5.48. The van der Waals surface area contributed by atoms with Gasteiger partial charge in [0.2, 0.25) is 0 Å². The lowest BCUT2D eigenvalue weighted by Gasteiger charge is -1.91. The van der Waals surface area contributed by atoms with Crippen LogP contribution in [0.4, 0.5) is 0 Å². The molecular weight excluding hydrogens is 100 g/mol. The van der Waals surface area contributed by atoms with E-state index in [4.69, 9.17) is 5.26 Å². The molecule has 1 N–H and O–H groups in total. The molecule has 2 heteroatoms. The van der Waals surface area contributed by atoms with Crippen molar-refractivity contribution in [2.45, 2.75) is 6.04 Å². The van der Waals surface area contributed by atoms with Gasteiger partial charge in [0.15, 0.2) is 0 Å². The van der Waals surface area contributed by atoms with Gasteiger partial charge >= 0.3 is 0 Å². The highest BCUT2D eigenvalue weighted by atomic mass is 15.2. The number of fused-ring (bicyclic) bond motifs is 1. The minimum Gasteiger partial charge on any atom is -0.312 e. The van der Waals surface area contributed by atoms with Gasteiger partial charge in [-0.05, 0) is 5.92 Å². The molecule has 0 amide bonds. The van der Waals surface area contributed by atoms with Gasteiger partial charge in [-0.15, -0.1) is 0 Å². The molecule has 0 radical (unpaired) electrons. The summed E-state index contributed by atoms with van der Waals surface area (Å²) in [5.41, 5.74) is 0.181. The number of nitriles is 1. The van der Waals surface area contributed by atoms with E-state index < -0.39 is 0 Å². The van der Waals surface area contributed by atoms with Crippen molar-refractivity contribution < 1.29 is 0 Å². The fraction of sp³-hybridized carbons (Fsp3) is 0.833. The number of piperidine rings is 1. The van der Waals surface area contributed by atoms with Crippen LogP contribution < -0.4 is 5.32 Å². The zero-order chi connectivity index (χ0) is 5.35. The highest BCUT2D eigenvalue weighted by Crippen LogP contribution is 2.82. The highest BCUT2D eigenvalue weighted by Gasteiger charge is 2.91. The Balaban J connectivity index is 2.14. The lowest BCUT2D eigenvalue weighted by atomic mass is 10.1. The minimum absolute atomic E-state index is 0.181. The lowest BCUT2D eigenvalue weighted by Crippen LogP contribution is -2.10. The van der Waals surface area contributed by atoms with Crippen LogP contribution in [-0.2, 0) is 0 Å². The third-order valence-electron chi connectivity index (χ3n) is 3.01. The van der Waals surface area contributed by atoms with Gasteiger partial charge in [-0.2, -0.15) is 5.26 Å². The number of rotatable bonds is 0. The van der Waals surface area contributed by atoms with Gasteiger partial charge in [-0.1, -0.05) is 0 Å². The van der Waals surface area contributed by atoms with Crippen molar-refractivity contribution in [3.63, 3.8) is 0 Å². The second-order valence-corrected chi connectivity index (χ2v) is 3.06. The van der Waals surface area contributed by atoms with Crippen LogP contribution in [0.2, 0.25) is 0 Å². The third-order valence-corrected chi connectivity index (χ3v) is 3.01. The first kappa shape index (κ1) is 3.47. The summed E-state index contributed by atoms with van der Waals surface area (Å²) in [5, 5.41) is 11.9. The van der Waals surface area contributed by atoms with Crippen LogP contribution in [0.25, 0.3) is 0 Å². The molecule has 0 spiro atoms. The van der Waals surface area contributed by atoms with E-state index in [2.05, 4.69) is 11.4 Å². The van der Waals surface area contributed by atoms with E-state index in [1.807, 2.05) is 0 Å². The first-order chi connectivity index (χ1) is 3.91. The average Bonchev–Trinajstić information content (AvgIpc) is 2.46. The second-order valence-electron chi connectivity index (χ2n) is 3.06. The maximum absolute atomic E-state index is 8.60. The van der Waals surface area contributed by atoms with Crippen LogP contribution in [0.15, 0.2) is 0 Å². The van der Waals surface area contributed by atoms with Crippen molar-refractivity contribution >= 4 is 0 Å². The molecule has 2 heterocycles. The largest absolute Gasteiger partial charge is 0.312 e. The van der Waals surface area contributed by atoms with Gasteiger partial charge < -0.3 is 5.32 Å². The summed E-state index contributed by atoms with van der Waals surface area (Å²) in [7, 11) is 0. The molecule has 0 aromatic heterocycles. The Morgan fingerprint density at radius 2 is 2.62 bits per heavy atom. The van der Waals surface area contributed by atoms with Crippen LogP contribution in [0.3, 0.4) is 0 Å². The predicted molar refractivity (Wildman–Crippen MR) is 26.8 cm³/mol. The summed E-state index contributed by atoms with van der Waals surface area (Å²) in [5.74, 6) is 1.55. The number of nitrogens with zero attached hydrogens (tertiary/aromatic N) is 1. The van der Waals surface area contributed by atoms with E-state index in [1.165, 1.54) is 0 Å². The zero-order valence-corrected chi connectivity index (χ0v) is 4.39. The molecule has 2 nitrogen and oxygen atoms in total. The van der Waals surface area contributed by atoms with Crippen LogP contribution in [-0.4, -0.2) is 12.6 Å². The molecule has 1 unspecified atom stereocenters. The zero-order valence-electron chi connectivity index (χ0n) is 4.39. The van der Waals surface area contributed by atoms with E-state index in [9.17, 15) is 0 Å². The average molecular weight is 106 g/mol. The Hall–Kier alpha value is -0.550. The molecular formula is C6H6N2. The molecule has 4 fully saturated rings. The van der Waals surface area contributed by atoms with Gasteiger partial charge in [-0.3, -0.25) is 0 Å². The van der Waals surface area contributed by atoms with Crippen molar-refractivity contribution in [3.8, 4) is 6.07 Å². The fourth-order valence-corrected chi connectivity index (χ4v) is 2.36. The fourth-order valence-electron chi connectivity index (χ4n) is 2.36. The van der Waals surface area contributed by atoms with Gasteiger partial charge in [0.25, 0.3) is 0 Å². The molecule has 2 saturated carbocycles. The van der Waals surface area contributed by atoms with Gasteiger partial charge in [0, 0.05) is 18.5 Å². The smallest absolute Gasteiger partial charge is 0.0821 e. The Morgan fingerprint density at radius 3 is 2.88 bits per heavy atom. The van der Waals surface area contributed by atoms with E-state index >= 15 is 0 Å². The van der Waals surface area contributed by atoms with E-state index in [1.54, 1.807) is 0 Å². The summed E-state index contributed by atoms with van der Waals surface area (Å²) in [6.07, 6.45) is 0. The summed E-state index contributed by atoms with van der Waals surface area (Å²) in [6, 6.07) is 3.01. The normalized spacial score (nSPS) is 71.1. The Morgan fingerprint density at radius 1 is 1.75 bits per heavy atom. The van der Waals surface area contributed by atoms with Gasteiger partial charge in [0.05, 0.1) is 11.5 Å². The number of hydrogen-bond acceptors (Lipinski definition) is 2. The van der Waals surface area contributed by atoms with E-state index in [0.717, 1.165) is 18.4 Å². The molecule has 4 rings (SSSR count).